The third kappa shape index (κ3) is 2.23. The second kappa shape index (κ2) is 5.15. The van der Waals surface area contributed by atoms with Gasteiger partial charge in [0.1, 0.15) is 0 Å². The first-order valence-corrected chi connectivity index (χ1v) is 7.98. The Morgan fingerprint density at radius 3 is 2.39 bits per heavy atom. The number of rotatable bonds is 2. The molecular formula is C15H25ClN2. The molecule has 0 bridgehead atoms. The third-order valence-corrected chi connectivity index (χ3v) is 5.64. The van der Waals surface area contributed by atoms with Crippen molar-refractivity contribution < 1.29 is 0 Å². The molecule has 0 radical (unpaired) electrons. The van der Waals surface area contributed by atoms with Gasteiger partial charge in [-0.25, -0.2) is 0 Å². The van der Waals surface area contributed by atoms with Crippen molar-refractivity contribution in [2.24, 2.45) is 0 Å². The van der Waals surface area contributed by atoms with Crippen LogP contribution in [0.3, 0.4) is 0 Å². The van der Waals surface area contributed by atoms with Gasteiger partial charge in [0.05, 0.1) is 0 Å². The van der Waals surface area contributed by atoms with E-state index in [0.29, 0.717) is 11.1 Å². The quantitative estimate of drug-likeness (QED) is 0.827. The average molecular weight is 269 g/mol. The summed E-state index contributed by atoms with van der Waals surface area (Å²) >= 11 is 5.74. The molecule has 2 aliphatic carbocycles. The standard InChI is InChI=1S/C15H25ClN2/c16-10-5-11-18-13-14(6-1-2-7-14)17-12-15(18)8-3-4-9-15/h5,10,17H,1-4,6-9,11-13H2/b10-5+. The molecule has 1 aliphatic heterocycles. The summed E-state index contributed by atoms with van der Waals surface area (Å²) in [6, 6.07) is 0. The van der Waals surface area contributed by atoms with Gasteiger partial charge in [-0.15, -0.1) is 0 Å². The summed E-state index contributed by atoms with van der Waals surface area (Å²) < 4.78 is 0. The summed E-state index contributed by atoms with van der Waals surface area (Å²) in [5.74, 6) is 0. The van der Waals surface area contributed by atoms with E-state index in [1.165, 1.54) is 64.5 Å². The Kier molecular flexibility index (Phi) is 3.70. The number of nitrogens with one attached hydrogen (secondary N) is 1. The predicted molar refractivity (Wildman–Crippen MR) is 77.0 cm³/mol. The molecule has 0 aromatic carbocycles. The van der Waals surface area contributed by atoms with Crippen LogP contribution >= 0.6 is 11.6 Å². The van der Waals surface area contributed by atoms with E-state index in [0.717, 1.165) is 6.54 Å². The van der Waals surface area contributed by atoms with Crippen molar-refractivity contribution in [2.45, 2.75) is 62.4 Å². The first-order valence-electron chi connectivity index (χ1n) is 7.54. The lowest BCUT2D eigenvalue weighted by atomic mass is 9.84. The highest BCUT2D eigenvalue weighted by Crippen LogP contribution is 2.42. The van der Waals surface area contributed by atoms with Gasteiger partial charge in [-0.05, 0) is 25.7 Å². The molecule has 1 N–H and O–H groups in total. The molecule has 1 saturated heterocycles. The minimum atomic E-state index is 0.425. The number of halogens is 1. The molecule has 3 heteroatoms. The van der Waals surface area contributed by atoms with Crippen LogP contribution in [0.4, 0.5) is 0 Å². The van der Waals surface area contributed by atoms with Gasteiger partial charge in [0.2, 0.25) is 0 Å². The van der Waals surface area contributed by atoms with E-state index in [1.807, 2.05) is 0 Å². The lowest BCUT2D eigenvalue weighted by Gasteiger charge is -2.52. The molecule has 3 rings (SSSR count). The first kappa shape index (κ1) is 13.0. The van der Waals surface area contributed by atoms with E-state index in [9.17, 15) is 0 Å². The molecule has 102 valence electrons. The molecule has 2 spiro atoms. The van der Waals surface area contributed by atoms with Gasteiger partial charge in [-0.2, -0.15) is 0 Å². The monoisotopic (exact) mass is 268 g/mol. The fourth-order valence-electron chi connectivity index (χ4n) is 4.39. The largest absolute Gasteiger partial charge is 0.308 e. The van der Waals surface area contributed by atoms with E-state index >= 15 is 0 Å². The lowest BCUT2D eigenvalue weighted by Crippen LogP contribution is -2.68. The Labute approximate surface area is 116 Å². The zero-order valence-corrected chi connectivity index (χ0v) is 12.0. The molecule has 2 saturated carbocycles. The minimum absolute atomic E-state index is 0.425. The van der Waals surface area contributed by atoms with Crippen molar-refractivity contribution in [1.82, 2.24) is 10.2 Å². The second-order valence-electron chi connectivity index (χ2n) is 6.51. The number of hydrogen-bond acceptors (Lipinski definition) is 2. The van der Waals surface area contributed by atoms with Crippen LogP contribution in [-0.4, -0.2) is 35.6 Å². The van der Waals surface area contributed by atoms with Crippen molar-refractivity contribution >= 4 is 11.6 Å². The van der Waals surface area contributed by atoms with Crippen LogP contribution in [0.2, 0.25) is 0 Å². The molecule has 0 amide bonds. The summed E-state index contributed by atoms with van der Waals surface area (Å²) in [6.07, 6.45) is 13.2. The maximum absolute atomic E-state index is 5.74. The molecule has 0 atom stereocenters. The SMILES string of the molecule is Cl/C=C/CN1CC2(CCCC2)NCC12CCCC2. The minimum Gasteiger partial charge on any atom is -0.308 e. The topological polar surface area (TPSA) is 15.3 Å². The third-order valence-electron chi connectivity index (χ3n) is 5.47. The molecule has 0 unspecified atom stereocenters. The average Bonchev–Trinajstić information content (AvgIpc) is 3.02. The normalized spacial score (nSPS) is 30.9. The van der Waals surface area contributed by atoms with Crippen LogP contribution in [0.25, 0.3) is 0 Å². The van der Waals surface area contributed by atoms with Gasteiger partial charge in [-0.3, -0.25) is 4.90 Å². The van der Waals surface area contributed by atoms with Crippen LogP contribution in [0.5, 0.6) is 0 Å². The molecular weight excluding hydrogens is 244 g/mol. The van der Waals surface area contributed by atoms with E-state index in [-0.39, 0.29) is 0 Å². The van der Waals surface area contributed by atoms with Gasteiger partial charge >= 0.3 is 0 Å². The van der Waals surface area contributed by atoms with Gasteiger partial charge in [0.25, 0.3) is 0 Å². The van der Waals surface area contributed by atoms with Gasteiger partial charge in [0.15, 0.2) is 0 Å². The summed E-state index contributed by atoms with van der Waals surface area (Å²) in [6.45, 7) is 3.46. The Morgan fingerprint density at radius 1 is 1.06 bits per heavy atom. The van der Waals surface area contributed by atoms with Crippen LogP contribution in [-0.2, 0) is 0 Å². The van der Waals surface area contributed by atoms with Crippen LogP contribution in [0.1, 0.15) is 51.4 Å². The molecule has 0 aromatic rings. The van der Waals surface area contributed by atoms with Gasteiger partial charge < -0.3 is 5.32 Å². The van der Waals surface area contributed by atoms with Crippen molar-refractivity contribution in [1.29, 1.82) is 0 Å². The molecule has 18 heavy (non-hydrogen) atoms. The highest BCUT2D eigenvalue weighted by Gasteiger charge is 2.48. The number of nitrogens with zero attached hydrogens (tertiary/aromatic N) is 1. The molecule has 0 aromatic heterocycles. The van der Waals surface area contributed by atoms with Crippen molar-refractivity contribution in [3.05, 3.63) is 11.6 Å². The summed E-state index contributed by atoms with van der Waals surface area (Å²) in [5.41, 5.74) is 2.55. The zero-order valence-electron chi connectivity index (χ0n) is 11.3. The smallest absolute Gasteiger partial charge is 0.0338 e. The van der Waals surface area contributed by atoms with Gasteiger partial charge in [0, 0.05) is 36.2 Å². The lowest BCUT2D eigenvalue weighted by molar-refractivity contribution is 0.0187. The Balaban J connectivity index is 1.76. The maximum atomic E-state index is 5.74. The van der Waals surface area contributed by atoms with E-state index in [1.54, 1.807) is 5.54 Å². The highest BCUT2D eigenvalue weighted by atomic mass is 35.5. The highest BCUT2D eigenvalue weighted by molar-refractivity contribution is 6.25. The Hall–Kier alpha value is -0.0500. The Bertz CT molecular complexity index is 314. The number of piperazine rings is 1. The summed E-state index contributed by atoms with van der Waals surface area (Å²) in [5, 5.41) is 3.93. The summed E-state index contributed by atoms with van der Waals surface area (Å²) in [7, 11) is 0. The van der Waals surface area contributed by atoms with Crippen LogP contribution in [0, 0.1) is 0 Å². The predicted octanol–water partition coefficient (Wildman–Crippen LogP) is 3.27. The van der Waals surface area contributed by atoms with E-state index in [4.69, 9.17) is 11.6 Å². The van der Waals surface area contributed by atoms with Crippen molar-refractivity contribution in [3.63, 3.8) is 0 Å². The number of hydrogen-bond donors (Lipinski definition) is 1. The second-order valence-corrected chi connectivity index (χ2v) is 6.77. The Morgan fingerprint density at radius 2 is 1.72 bits per heavy atom. The molecule has 2 nitrogen and oxygen atoms in total. The van der Waals surface area contributed by atoms with Crippen LogP contribution in [0.15, 0.2) is 11.6 Å². The van der Waals surface area contributed by atoms with Gasteiger partial charge in [-0.1, -0.05) is 43.4 Å². The maximum Gasteiger partial charge on any atom is 0.0338 e. The summed E-state index contributed by atoms with van der Waals surface area (Å²) in [4.78, 5) is 2.74. The fourth-order valence-corrected chi connectivity index (χ4v) is 4.47. The van der Waals surface area contributed by atoms with E-state index < -0.39 is 0 Å². The van der Waals surface area contributed by atoms with Crippen LogP contribution < -0.4 is 5.32 Å². The first-order chi connectivity index (χ1) is 8.79. The van der Waals surface area contributed by atoms with Crippen molar-refractivity contribution in [3.8, 4) is 0 Å². The van der Waals surface area contributed by atoms with Crippen molar-refractivity contribution in [2.75, 3.05) is 19.6 Å². The zero-order chi connectivity index (χ0) is 12.5. The fraction of sp³-hybridized carbons (Fsp3) is 0.867. The van der Waals surface area contributed by atoms with E-state index in [2.05, 4.69) is 16.3 Å². The molecule has 3 aliphatic rings. The molecule has 1 heterocycles. The molecule has 3 fully saturated rings.